The molecule has 3 N–H and O–H groups in total. The first-order valence-corrected chi connectivity index (χ1v) is 5.91. The van der Waals surface area contributed by atoms with Gasteiger partial charge >= 0.3 is 0 Å². The highest BCUT2D eigenvalue weighted by Gasteiger charge is 2.03. The van der Waals surface area contributed by atoms with Gasteiger partial charge in [0.05, 0.1) is 5.69 Å². The Labute approximate surface area is 106 Å². The van der Waals surface area contributed by atoms with Crippen LogP contribution in [0.5, 0.6) is 0 Å². The minimum Gasteiger partial charge on any atom is -0.379 e. The van der Waals surface area contributed by atoms with E-state index in [1.807, 2.05) is 18.2 Å². The molecule has 0 bridgehead atoms. The molecule has 4 heteroatoms. The van der Waals surface area contributed by atoms with E-state index in [1.165, 1.54) is 6.07 Å². The largest absolute Gasteiger partial charge is 0.379 e. The quantitative estimate of drug-likeness (QED) is 0.850. The van der Waals surface area contributed by atoms with E-state index in [-0.39, 0.29) is 5.82 Å². The van der Waals surface area contributed by atoms with Crippen molar-refractivity contribution in [3.05, 3.63) is 59.7 Å². The molecule has 0 radical (unpaired) electrons. The predicted octanol–water partition coefficient (Wildman–Crippen LogP) is 2.33. The van der Waals surface area contributed by atoms with E-state index in [0.29, 0.717) is 25.2 Å². The predicted molar refractivity (Wildman–Crippen MR) is 70.7 cm³/mol. The minimum atomic E-state index is -0.246. The number of hydrogen-bond donors (Lipinski definition) is 2. The van der Waals surface area contributed by atoms with Crippen LogP contribution >= 0.6 is 0 Å². The van der Waals surface area contributed by atoms with Gasteiger partial charge in [0.1, 0.15) is 5.82 Å². The van der Waals surface area contributed by atoms with Crippen molar-refractivity contribution >= 4 is 5.69 Å². The van der Waals surface area contributed by atoms with E-state index in [0.717, 1.165) is 11.1 Å². The average molecular weight is 245 g/mol. The highest BCUT2D eigenvalue weighted by molar-refractivity contribution is 5.46. The van der Waals surface area contributed by atoms with Crippen LogP contribution in [0.2, 0.25) is 0 Å². The standard InChI is InChI=1S/C14H16FN3/c15-13-8-11(5-6-16)3-4-14(13)18-10-12-2-1-7-17-9-12/h1-4,7-9,18H,5-6,10,16H2. The lowest BCUT2D eigenvalue weighted by molar-refractivity contribution is 0.627. The molecule has 0 spiro atoms. The molecule has 0 fully saturated rings. The number of halogens is 1. The second kappa shape index (κ2) is 6.12. The molecule has 1 aromatic carbocycles. The second-order valence-electron chi connectivity index (χ2n) is 4.07. The number of anilines is 1. The molecule has 0 unspecified atom stereocenters. The lowest BCUT2D eigenvalue weighted by atomic mass is 10.1. The number of aromatic nitrogens is 1. The first-order chi connectivity index (χ1) is 8.79. The van der Waals surface area contributed by atoms with Crippen LogP contribution in [0, 0.1) is 5.82 Å². The van der Waals surface area contributed by atoms with Crippen molar-refractivity contribution in [1.82, 2.24) is 4.98 Å². The van der Waals surface area contributed by atoms with Crippen molar-refractivity contribution in [2.24, 2.45) is 5.73 Å². The highest BCUT2D eigenvalue weighted by Crippen LogP contribution is 2.16. The maximum atomic E-state index is 13.8. The Bertz CT molecular complexity index is 500. The third-order valence-corrected chi connectivity index (χ3v) is 2.67. The number of benzene rings is 1. The lowest BCUT2D eigenvalue weighted by Crippen LogP contribution is -2.05. The number of hydrogen-bond acceptors (Lipinski definition) is 3. The monoisotopic (exact) mass is 245 g/mol. The molecule has 0 saturated carbocycles. The Hall–Kier alpha value is -1.94. The van der Waals surface area contributed by atoms with E-state index in [1.54, 1.807) is 18.5 Å². The van der Waals surface area contributed by atoms with Gasteiger partial charge in [-0.25, -0.2) is 4.39 Å². The SMILES string of the molecule is NCCc1ccc(NCc2cccnc2)c(F)c1. The molecule has 1 heterocycles. The maximum absolute atomic E-state index is 13.8. The summed E-state index contributed by atoms with van der Waals surface area (Å²) in [5.74, 6) is -0.246. The van der Waals surface area contributed by atoms with Crippen molar-refractivity contribution in [1.29, 1.82) is 0 Å². The van der Waals surface area contributed by atoms with Crippen molar-refractivity contribution in [2.75, 3.05) is 11.9 Å². The van der Waals surface area contributed by atoms with E-state index in [2.05, 4.69) is 10.3 Å². The molecule has 18 heavy (non-hydrogen) atoms. The molecule has 94 valence electrons. The summed E-state index contributed by atoms with van der Waals surface area (Å²) < 4.78 is 13.8. The number of pyridine rings is 1. The number of nitrogens with one attached hydrogen (secondary N) is 1. The van der Waals surface area contributed by atoms with Gasteiger partial charge in [0, 0.05) is 18.9 Å². The third kappa shape index (κ3) is 3.28. The number of rotatable bonds is 5. The van der Waals surface area contributed by atoms with Crippen molar-refractivity contribution in [3.8, 4) is 0 Å². The van der Waals surface area contributed by atoms with Crippen LogP contribution in [0.25, 0.3) is 0 Å². The van der Waals surface area contributed by atoms with Gasteiger partial charge in [-0.3, -0.25) is 4.98 Å². The third-order valence-electron chi connectivity index (χ3n) is 2.67. The fraction of sp³-hybridized carbons (Fsp3) is 0.214. The van der Waals surface area contributed by atoms with Crippen LogP contribution in [0.1, 0.15) is 11.1 Å². The Balaban J connectivity index is 2.01. The van der Waals surface area contributed by atoms with Gasteiger partial charge < -0.3 is 11.1 Å². The van der Waals surface area contributed by atoms with Gasteiger partial charge in [-0.15, -0.1) is 0 Å². The summed E-state index contributed by atoms with van der Waals surface area (Å²) in [4.78, 5) is 4.01. The van der Waals surface area contributed by atoms with Crippen molar-refractivity contribution in [2.45, 2.75) is 13.0 Å². The van der Waals surface area contributed by atoms with Crippen LogP contribution in [0.15, 0.2) is 42.7 Å². The summed E-state index contributed by atoms with van der Waals surface area (Å²) in [6, 6.07) is 8.97. The van der Waals surface area contributed by atoms with Crippen LogP contribution in [-0.2, 0) is 13.0 Å². The molecule has 0 atom stereocenters. The second-order valence-corrected chi connectivity index (χ2v) is 4.07. The Morgan fingerprint density at radius 3 is 2.78 bits per heavy atom. The molecule has 0 saturated heterocycles. The average Bonchev–Trinajstić information content (AvgIpc) is 2.39. The fourth-order valence-corrected chi connectivity index (χ4v) is 1.72. The summed E-state index contributed by atoms with van der Waals surface area (Å²) in [6.45, 7) is 1.09. The molecule has 2 rings (SSSR count). The molecule has 0 aliphatic heterocycles. The highest BCUT2D eigenvalue weighted by atomic mass is 19.1. The Morgan fingerprint density at radius 2 is 2.11 bits per heavy atom. The van der Waals surface area contributed by atoms with E-state index in [9.17, 15) is 4.39 Å². The van der Waals surface area contributed by atoms with Crippen LogP contribution in [-0.4, -0.2) is 11.5 Å². The van der Waals surface area contributed by atoms with Gasteiger partial charge in [-0.1, -0.05) is 12.1 Å². The first kappa shape index (κ1) is 12.5. The van der Waals surface area contributed by atoms with E-state index >= 15 is 0 Å². The lowest BCUT2D eigenvalue weighted by Gasteiger charge is -2.08. The zero-order valence-corrected chi connectivity index (χ0v) is 10.1. The zero-order chi connectivity index (χ0) is 12.8. The van der Waals surface area contributed by atoms with Crippen LogP contribution in [0.3, 0.4) is 0 Å². The molecule has 0 amide bonds. The molecule has 2 aromatic rings. The summed E-state index contributed by atoms with van der Waals surface area (Å²) in [5, 5.41) is 3.05. The first-order valence-electron chi connectivity index (χ1n) is 5.91. The summed E-state index contributed by atoms with van der Waals surface area (Å²) in [6.07, 6.45) is 4.17. The van der Waals surface area contributed by atoms with Gasteiger partial charge in [0.15, 0.2) is 0 Å². The molecule has 0 aliphatic carbocycles. The number of nitrogens with zero attached hydrogens (tertiary/aromatic N) is 1. The van der Waals surface area contributed by atoms with Crippen molar-refractivity contribution < 1.29 is 4.39 Å². The topological polar surface area (TPSA) is 50.9 Å². The Kier molecular flexibility index (Phi) is 4.25. The molecule has 3 nitrogen and oxygen atoms in total. The molecular formula is C14H16FN3. The maximum Gasteiger partial charge on any atom is 0.146 e. The molecular weight excluding hydrogens is 229 g/mol. The van der Waals surface area contributed by atoms with Crippen molar-refractivity contribution in [3.63, 3.8) is 0 Å². The zero-order valence-electron chi connectivity index (χ0n) is 10.1. The van der Waals surface area contributed by atoms with E-state index in [4.69, 9.17) is 5.73 Å². The summed E-state index contributed by atoms with van der Waals surface area (Å²) in [5.41, 5.74) is 7.87. The van der Waals surface area contributed by atoms with Gasteiger partial charge in [-0.2, -0.15) is 0 Å². The van der Waals surface area contributed by atoms with Crippen LogP contribution < -0.4 is 11.1 Å². The normalized spacial score (nSPS) is 10.3. The minimum absolute atomic E-state index is 0.246. The Morgan fingerprint density at radius 1 is 1.22 bits per heavy atom. The summed E-state index contributed by atoms with van der Waals surface area (Å²) in [7, 11) is 0. The molecule has 1 aromatic heterocycles. The fourth-order valence-electron chi connectivity index (χ4n) is 1.72. The summed E-state index contributed by atoms with van der Waals surface area (Å²) >= 11 is 0. The number of nitrogens with two attached hydrogens (primary N) is 1. The smallest absolute Gasteiger partial charge is 0.146 e. The van der Waals surface area contributed by atoms with Gasteiger partial charge in [0.25, 0.3) is 0 Å². The van der Waals surface area contributed by atoms with E-state index < -0.39 is 0 Å². The van der Waals surface area contributed by atoms with Gasteiger partial charge in [0.2, 0.25) is 0 Å². The molecule has 0 aliphatic rings. The van der Waals surface area contributed by atoms with Crippen LogP contribution in [0.4, 0.5) is 10.1 Å². The van der Waals surface area contributed by atoms with Gasteiger partial charge in [-0.05, 0) is 42.3 Å².